The Hall–Kier alpha value is -1.08. The number of hydrogen-bond donors (Lipinski definition) is 2. The molecule has 2 aliphatic carbocycles. The summed E-state index contributed by atoms with van der Waals surface area (Å²) >= 11 is 10.5. The Morgan fingerprint density at radius 3 is 1.54 bits per heavy atom. The Labute approximate surface area is 279 Å². The van der Waals surface area contributed by atoms with Crippen LogP contribution in [0.15, 0.2) is 31.6 Å². The van der Waals surface area contributed by atoms with Crippen LogP contribution in [0, 0.1) is 0 Å². The first-order valence-corrected chi connectivity index (χ1v) is 15.1. The van der Waals surface area contributed by atoms with Crippen molar-refractivity contribution in [1.29, 1.82) is 0 Å². The maximum absolute atomic E-state index is 12.3. The van der Waals surface area contributed by atoms with Crippen LogP contribution in [0.1, 0.15) is 61.5 Å². The van der Waals surface area contributed by atoms with E-state index in [4.69, 9.17) is 30.4 Å². The Bertz CT molecular complexity index is 1220. The van der Waals surface area contributed by atoms with Crippen LogP contribution in [-0.2, 0) is 9.59 Å². The van der Waals surface area contributed by atoms with Gasteiger partial charge in [-0.2, -0.15) is 0 Å². The van der Waals surface area contributed by atoms with Gasteiger partial charge in [0.05, 0.1) is 45.0 Å². The number of carbonyl (C=O) groups excluding carboxylic acids is 2. The molecule has 4 atom stereocenters. The number of nitrogens with two attached hydrogens (primary N) is 2. The second-order valence-corrected chi connectivity index (χ2v) is 12.0. The van der Waals surface area contributed by atoms with Gasteiger partial charge < -0.3 is 30.4 Å². The van der Waals surface area contributed by atoms with Crippen LogP contribution in [0.4, 0.5) is 0 Å². The van der Waals surface area contributed by atoms with Crippen LogP contribution in [-0.4, -0.2) is 52.1 Å². The number of ketones is 2. The quantitative estimate of drug-likeness (QED) is 0.325. The van der Waals surface area contributed by atoms with E-state index >= 15 is 0 Å². The Morgan fingerprint density at radius 1 is 0.634 bits per heavy atom. The molecule has 2 saturated carbocycles. The molecule has 2 aromatic carbocycles. The number of hydrogen-bond acceptors (Lipinski definition) is 8. The van der Waals surface area contributed by atoms with Crippen molar-refractivity contribution in [2.24, 2.45) is 11.5 Å². The van der Waals surface area contributed by atoms with E-state index in [1.807, 2.05) is 18.2 Å². The molecule has 4 unspecified atom stereocenters. The minimum absolute atomic E-state index is 0. The summed E-state index contributed by atoms with van der Waals surface area (Å²) in [4.78, 5) is 24.5. The van der Waals surface area contributed by atoms with E-state index in [0.717, 1.165) is 63.1 Å². The summed E-state index contributed by atoms with van der Waals surface area (Å²) in [5, 5.41) is 0. The van der Waals surface area contributed by atoms with Gasteiger partial charge in [-0.3, -0.25) is 9.59 Å². The molecule has 0 amide bonds. The monoisotopic (exact) mass is 804 g/mol. The van der Waals surface area contributed by atoms with Gasteiger partial charge in [-0.15, -0.1) is 24.8 Å². The lowest BCUT2D eigenvalue weighted by Gasteiger charge is -2.27. The predicted octanol–water partition coefficient (Wildman–Crippen LogP) is 6.87. The number of benzene rings is 2. The van der Waals surface area contributed by atoms with E-state index in [1.54, 1.807) is 28.4 Å². The maximum atomic E-state index is 12.3. The Balaban J connectivity index is 0.000000391. The molecule has 41 heavy (non-hydrogen) atoms. The lowest BCUT2D eigenvalue weighted by molar-refractivity contribution is -0.124. The summed E-state index contributed by atoms with van der Waals surface area (Å²) in [6, 6.07) is 4.84. The molecule has 13 heteroatoms. The molecule has 0 spiro atoms. The van der Waals surface area contributed by atoms with Crippen molar-refractivity contribution in [2.75, 3.05) is 28.4 Å². The van der Waals surface area contributed by atoms with Crippen LogP contribution >= 0.6 is 72.6 Å². The third-order valence-electron chi connectivity index (χ3n) is 7.27. The Kier molecular flexibility index (Phi) is 16.0. The van der Waals surface area contributed by atoms with Crippen LogP contribution < -0.4 is 30.4 Å². The fourth-order valence-electron chi connectivity index (χ4n) is 5.12. The van der Waals surface area contributed by atoms with Crippen molar-refractivity contribution in [2.45, 2.75) is 62.4 Å². The predicted molar refractivity (Wildman–Crippen MR) is 176 cm³/mol. The maximum Gasteiger partial charge on any atom is 0.176 e. The average molecular weight is 808 g/mol. The largest absolute Gasteiger partial charge is 0.493 e. The highest BCUT2D eigenvalue weighted by Crippen LogP contribution is 2.46. The molecule has 4 rings (SSSR count). The molecule has 0 heterocycles. The summed E-state index contributed by atoms with van der Waals surface area (Å²) in [6.07, 6.45) is 5.11. The lowest BCUT2D eigenvalue weighted by Crippen LogP contribution is -2.38. The summed E-state index contributed by atoms with van der Waals surface area (Å²) < 4.78 is 23.6. The SMILES string of the molecule is COc1cc(Br)c(C2CCCC(N)C2=O)cc1OC.COc1cc(C2CCCC(N)C2=O)c(Br)c(Br)c1OC.Cl.Cl. The van der Waals surface area contributed by atoms with Crippen molar-refractivity contribution in [3.63, 3.8) is 0 Å². The van der Waals surface area contributed by atoms with Crippen LogP contribution in [0.3, 0.4) is 0 Å². The van der Waals surface area contributed by atoms with Crippen LogP contribution in [0.2, 0.25) is 0 Å². The van der Waals surface area contributed by atoms with Crippen molar-refractivity contribution < 1.29 is 28.5 Å². The molecule has 2 fully saturated rings. The minimum Gasteiger partial charge on any atom is -0.493 e. The summed E-state index contributed by atoms with van der Waals surface area (Å²) in [7, 11) is 6.34. The van der Waals surface area contributed by atoms with E-state index in [1.165, 1.54) is 0 Å². The number of ether oxygens (including phenoxy) is 4. The highest BCUT2D eigenvalue weighted by molar-refractivity contribution is 9.13. The van der Waals surface area contributed by atoms with Gasteiger partial charge in [-0.1, -0.05) is 28.8 Å². The van der Waals surface area contributed by atoms with E-state index in [2.05, 4.69) is 47.8 Å². The van der Waals surface area contributed by atoms with Crippen molar-refractivity contribution in [1.82, 2.24) is 0 Å². The average Bonchev–Trinajstić information content (AvgIpc) is 2.93. The van der Waals surface area contributed by atoms with Gasteiger partial charge in [0.1, 0.15) is 0 Å². The molecule has 0 saturated heterocycles. The minimum atomic E-state index is -0.368. The normalized spacial score (nSPS) is 21.9. The van der Waals surface area contributed by atoms with Crippen LogP contribution in [0.25, 0.3) is 0 Å². The second kappa shape index (κ2) is 17.3. The van der Waals surface area contributed by atoms with Gasteiger partial charge in [0.25, 0.3) is 0 Å². The van der Waals surface area contributed by atoms with Crippen molar-refractivity contribution >= 4 is 84.2 Å². The fraction of sp³-hybridized carbons (Fsp3) is 0.500. The number of rotatable bonds is 6. The molecule has 0 aliphatic heterocycles. The highest BCUT2D eigenvalue weighted by atomic mass is 79.9. The molecule has 2 aliphatic rings. The number of carbonyl (C=O) groups is 2. The summed E-state index contributed by atoms with van der Waals surface area (Å²) in [5.41, 5.74) is 13.6. The zero-order valence-corrected chi connectivity index (χ0v) is 29.7. The van der Waals surface area contributed by atoms with E-state index in [-0.39, 0.29) is 60.3 Å². The Morgan fingerprint density at radius 2 is 1.07 bits per heavy atom. The van der Waals surface area contributed by atoms with Gasteiger partial charge in [0.2, 0.25) is 0 Å². The van der Waals surface area contributed by atoms with Crippen LogP contribution in [0.5, 0.6) is 23.0 Å². The van der Waals surface area contributed by atoms with Gasteiger partial charge in [0, 0.05) is 20.8 Å². The third-order valence-corrected chi connectivity index (χ3v) is 10.1. The summed E-state index contributed by atoms with van der Waals surface area (Å²) in [6.45, 7) is 0. The molecule has 2 aromatic rings. The van der Waals surface area contributed by atoms with Gasteiger partial charge in [-0.25, -0.2) is 0 Å². The standard InChI is InChI=1S/C14H17Br2NO3.C14H18BrNO3.2ClH/c1-19-10-6-8(11(15)12(16)14(10)20-2)7-4-3-5-9(17)13(7)18;1-18-12-6-9(10(15)7-13(12)19-2)8-4-3-5-11(16)14(8)17;;/h6-7,9H,3-5,17H2,1-2H3;6-8,11H,3-5,16H2,1-2H3;2*1H. The summed E-state index contributed by atoms with van der Waals surface area (Å²) in [5.74, 6) is 2.34. The lowest BCUT2D eigenvalue weighted by atomic mass is 9.80. The zero-order valence-electron chi connectivity index (χ0n) is 23.3. The van der Waals surface area contributed by atoms with E-state index in [0.29, 0.717) is 23.0 Å². The first-order chi connectivity index (χ1) is 18.6. The number of halogens is 5. The number of Topliss-reactive ketones (excluding diaryl/α,β-unsaturated/α-hetero) is 2. The van der Waals surface area contributed by atoms with Gasteiger partial charge in [0.15, 0.2) is 34.6 Å². The molecule has 0 bridgehead atoms. The third kappa shape index (κ3) is 8.52. The van der Waals surface area contributed by atoms with Crippen molar-refractivity contribution in [3.8, 4) is 23.0 Å². The van der Waals surface area contributed by atoms with Crippen molar-refractivity contribution in [3.05, 3.63) is 42.7 Å². The number of methoxy groups -OCH3 is 4. The smallest absolute Gasteiger partial charge is 0.176 e. The topological polar surface area (TPSA) is 123 Å². The van der Waals surface area contributed by atoms with E-state index < -0.39 is 0 Å². The molecule has 230 valence electrons. The molecular weight excluding hydrogens is 771 g/mol. The second-order valence-electron chi connectivity index (χ2n) is 9.54. The first-order valence-electron chi connectivity index (χ1n) is 12.7. The molecule has 0 radical (unpaired) electrons. The highest BCUT2D eigenvalue weighted by Gasteiger charge is 2.33. The molecular formula is C28H37Br3Cl2N2O6. The fourth-order valence-corrected chi connectivity index (χ4v) is 6.88. The molecule has 4 N–H and O–H groups in total. The van der Waals surface area contributed by atoms with Gasteiger partial charge >= 0.3 is 0 Å². The van der Waals surface area contributed by atoms with E-state index in [9.17, 15) is 9.59 Å². The molecule has 8 nitrogen and oxygen atoms in total. The molecule has 0 aromatic heterocycles. The first kappa shape index (κ1) is 37.9. The van der Waals surface area contributed by atoms with Gasteiger partial charge in [-0.05, 0) is 86.9 Å². The zero-order chi connectivity index (χ0) is 28.9.